The van der Waals surface area contributed by atoms with Crippen LogP contribution in [0, 0.1) is 11.3 Å². The number of nitrogens with zero attached hydrogens (tertiary/aromatic N) is 2. The van der Waals surface area contributed by atoms with Crippen molar-refractivity contribution in [2.45, 2.75) is 27.2 Å². The minimum atomic E-state index is -0.307. The van der Waals surface area contributed by atoms with E-state index in [0.717, 1.165) is 0 Å². The summed E-state index contributed by atoms with van der Waals surface area (Å²) in [7, 11) is 0. The van der Waals surface area contributed by atoms with E-state index in [2.05, 4.69) is 41.7 Å². The Kier molecular flexibility index (Phi) is 3.76. The van der Waals surface area contributed by atoms with E-state index in [4.69, 9.17) is 0 Å². The fourth-order valence-electron chi connectivity index (χ4n) is 2.15. The lowest BCUT2D eigenvalue weighted by Gasteiger charge is -2.25. The number of likely N-dealkylation sites (tertiary alicyclic amines) is 1. The van der Waals surface area contributed by atoms with Gasteiger partial charge in [-0.15, -0.1) is 0 Å². The molecule has 1 aliphatic heterocycles. The van der Waals surface area contributed by atoms with Gasteiger partial charge in [-0.1, -0.05) is 26.8 Å². The van der Waals surface area contributed by atoms with Crippen LogP contribution in [0.3, 0.4) is 0 Å². The molecule has 1 aromatic rings. The zero-order valence-electron chi connectivity index (χ0n) is 11.3. The van der Waals surface area contributed by atoms with Crippen LogP contribution in [0.4, 0.5) is 0 Å². The van der Waals surface area contributed by atoms with Crippen LogP contribution in [-0.4, -0.2) is 28.2 Å². The van der Waals surface area contributed by atoms with Gasteiger partial charge in [0.1, 0.15) is 10.3 Å². The van der Waals surface area contributed by atoms with E-state index in [1.807, 2.05) is 0 Å². The predicted molar refractivity (Wildman–Crippen MR) is 75.5 cm³/mol. The Bertz CT molecular complexity index is 522. The minimum Gasteiger partial charge on any atom is -0.277 e. The summed E-state index contributed by atoms with van der Waals surface area (Å²) in [5.74, 6) is -0.208. The van der Waals surface area contributed by atoms with Gasteiger partial charge in [-0.25, -0.2) is 4.98 Å². The SMILES string of the molecule is CC(C)(C)C1CC(=O)N(C(=O)c2cccc(Br)n2)C1. The highest BCUT2D eigenvalue weighted by atomic mass is 79.9. The van der Waals surface area contributed by atoms with E-state index >= 15 is 0 Å². The Morgan fingerprint density at radius 2 is 2.11 bits per heavy atom. The monoisotopic (exact) mass is 324 g/mol. The fourth-order valence-corrected chi connectivity index (χ4v) is 2.49. The quantitative estimate of drug-likeness (QED) is 0.589. The van der Waals surface area contributed by atoms with Crippen molar-refractivity contribution >= 4 is 27.7 Å². The number of hydrogen-bond acceptors (Lipinski definition) is 3. The van der Waals surface area contributed by atoms with Crippen molar-refractivity contribution < 1.29 is 9.59 Å². The summed E-state index contributed by atoms with van der Waals surface area (Å²) in [5.41, 5.74) is 0.326. The molecule has 1 atom stereocenters. The van der Waals surface area contributed by atoms with E-state index in [-0.39, 0.29) is 23.1 Å². The van der Waals surface area contributed by atoms with E-state index in [0.29, 0.717) is 23.3 Å². The van der Waals surface area contributed by atoms with Gasteiger partial charge in [0.05, 0.1) is 0 Å². The lowest BCUT2D eigenvalue weighted by molar-refractivity contribution is -0.125. The lowest BCUT2D eigenvalue weighted by atomic mass is 9.80. The number of halogens is 1. The molecule has 1 saturated heterocycles. The van der Waals surface area contributed by atoms with Gasteiger partial charge in [-0.05, 0) is 39.4 Å². The molecule has 0 spiro atoms. The van der Waals surface area contributed by atoms with Crippen LogP contribution >= 0.6 is 15.9 Å². The summed E-state index contributed by atoms with van der Waals surface area (Å²) in [5, 5.41) is 0. The molecule has 2 rings (SSSR count). The maximum Gasteiger partial charge on any atom is 0.279 e. The Labute approximate surface area is 121 Å². The molecule has 0 bridgehead atoms. The van der Waals surface area contributed by atoms with E-state index in [1.165, 1.54) is 4.90 Å². The van der Waals surface area contributed by atoms with Gasteiger partial charge in [0.2, 0.25) is 5.91 Å². The molecule has 0 aromatic carbocycles. The van der Waals surface area contributed by atoms with Crippen LogP contribution in [0.25, 0.3) is 0 Å². The molecule has 2 amide bonds. The van der Waals surface area contributed by atoms with Gasteiger partial charge < -0.3 is 0 Å². The first-order valence-electron chi connectivity index (χ1n) is 6.26. The molecule has 0 saturated carbocycles. The summed E-state index contributed by atoms with van der Waals surface area (Å²) in [6.07, 6.45) is 0.434. The Hall–Kier alpha value is -1.23. The number of imide groups is 1. The summed E-state index contributed by atoms with van der Waals surface area (Å²) < 4.78 is 0.595. The predicted octanol–water partition coefficient (Wildman–Crippen LogP) is 2.88. The molecule has 0 aliphatic carbocycles. The van der Waals surface area contributed by atoms with Crippen molar-refractivity contribution in [2.75, 3.05) is 6.54 Å². The zero-order chi connectivity index (χ0) is 14.2. The molecule has 19 heavy (non-hydrogen) atoms. The minimum absolute atomic E-state index is 0.0232. The summed E-state index contributed by atoms with van der Waals surface area (Å²) in [6.45, 7) is 6.76. The standard InChI is InChI=1S/C14H17BrN2O2/c1-14(2,3)9-7-12(18)17(8-9)13(19)10-5-4-6-11(15)16-10/h4-6,9H,7-8H2,1-3H3. The average Bonchev–Trinajstić information content (AvgIpc) is 2.70. The normalized spacial score (nSPS) is 19.9. The highest BCUT2D eigenvalue weighted by Crippen LogP contribution is 2.34. The lowest BCUT2D eigenvalue weighted by Crippen LogP contribution is -2.34. The Morgan fingerprint density at radius 3 is 2.63 bits per heavy atom. The molecule has 0 N–H and O–H groups in total. The highest BCUT2D eigenvalue weighted by Gasteiger charge is 2.40. The third-order valence-electron chi connectivity index (χ3n) is 3.53. The second-order valence-electron chi connectivity index (χ2n) is 5.92. The topological polar surface area (TPSA) is 50.3 Å². The number of amides is 2. The molecule has 4 nitrogen and oxygen atoms in total. The number of pyridine rings is 1. The number of rotatable bonds is 1. The second kappa shape index (κ2) is 5.04. The number of carbonyl (C=O) groups excluding carboxylic acids is 2. The zero-order valence-corrected chi connectivity index (χ0v) is 12.9. The van der Waals surface area contributed by atoms with Gasteiger partial charge in [-0.3, -0.25) is 14.5 Å². The van der Waals surface area contributed by atoms with Crippen molar-refractivity contribution in [3.63, 3.8) is 0 Å². The van der Waals surface area contributed by atoms with Crippen LogP contribution in [0.1, 0.15) is 37.7 Å². The first-order chi connectivity index (χ1) is 8.79. The molecule has 2 heterocycles. The molecule has 1 aliphatic rings. The largest absolute Gasteiger partial charge is 0.279 e. The van der Waals surface area contributed by atoms with Crippen LogP contribution < -0.4 is 0 Å². The van der Waals surface area contributed by atoms with Crippen molar-refractivity contribution in [2.24, 2.45) is 11.3 Å². The van der Waals surface area contributed by atoms with E-state index in [9.17, 15) is 9.59 Å². The maximum atomic E-state index is 12.3. The molecule has 1 fully saturated rings. The molecule has 102 valence electrons. The van der Waals surface area contributed by atoms with Crippen molar-refractivity contribution in [1.82, 2.24) is 9.88 Å². The van der Waals surface area contributed by atoms with Gasteiger partial charge in [-0.2, -0.15) is 0 Å². The summed E-state index contributed by atoms with van der Waals surface area (Å²) >= 11 is 3.23. The fraction of sp³-hybridized carbons (Fsp3) is 0.500. The van der Waals surface area contributed by atoms with Gasteiger partial charge in [0.15, 0.2) is 0 Å². The van der Waals surface area contributed by atoms with Gasteiger partial charge in [0.25, 0.3) is 5.91 Å². The number of hydrogen-bond donors (Lipinski definition) is 0. The van der Waals surface area contributed by atoms with E-state index in [1.54, 1.807) is 18.2 Å². The molecule has 5 heteroatoms. The average molecular weight is 325 g/mol. The molecular weight excluding hydrogens is 308 g/mol. The van der Waals surface area contributed by atoms with Crippen molar-refractivity contribution in [1.29, 1.82) is 0 Å². The molecule has 1 aromatic heterocycles. The molecule has 0 radical (unpaired) electrons. The van der Waals surface area contributed by atoms with Crippen molar-refractivity contribution in [3.8, 4) is 0 Å². The van der Waals surface area contributed by atoms with Gasteiger partial charge >= 0.3 is 0 Å². The first-order valence-corrected chi connectivity index (χ1v) is 7.05. The second-order valence-corrected chi connectivity index (χ2v) is 6.73. The number of aromatic nitrogens is 1. The Morgan fingerprint density at radius 1 is 1.42 bits per heavy atom. The van der Waals surface area contributed by atoms with E-state index < -0.39 is 0 Å². The van der Waals surface area contributed by atoms with Crippen molar-refractivity contribution in [3.05, 3.63) is 28.5 Å². The van der Waals surface area contributed by atoms with Gasteiger partial charge in [0, 0.05) is 13.0 Å². The van der Waals surface area contributed by atoms with Crippen LogP contribution in [-0.2, 0) is 4.79 Å². The number of carbonyl (C=O) groups is 2. The molecular formula is C14H17BrN2O2. The van der Waals surface area contributed by atoms with Crippen LogP contribution in [0.5, 0.6) is 0 Å². The Balaban J connectivity index is 2.19. The van der Waals surface area contributed by atoms with Crippen LogP contribution in [0.2, 0.25) is 0 Å². The van der Waals surface area contributed by atoms with Crippen LogP contribution in [0.15, 0.2) is 22.8 Å². The first kappa shape index (κ1) is 14.2. The highest BCUT2D eigenvalue weighted by molar-refractivity contribution is 9.10. The third kappa shape index (κ3) is 3.03. The maximum absolute atomic E-state index is 12.3. The smallest absolute Gasteiger partial charge is 0.277 e. The molecule has 1 unspecified atom stereocenters. The third-order valence-corrected chi connectivity index (χ3v) is 3.97. The summed E-state index contributed by atoms with van der Waals surface area (Å²) in [4.78, 5) is 29.7. The summed E-state index contributed by atoms with van der Waals surface area (Å²) in [6, 6.07) is 5.12.